The van der Waals surface area contributed by atoms with Crippen molar-refractivity contribution in [3.05, 3.63) is 36.5 Å². The summed E-state index contributed by atoms with van der Waals surface area (Å²) in [7, 11) is 0. The summed E-state index contributed by atoms with van der Waals surface area (Å²) in [5, 5.41) is 54.5. The maximum Gasteiger partial charge on any atom is 0.305 e. The first-order chi connectivity index (χ1) is 46.7. The minimum Gasteiger partial charge on any atom is -0.466 e. The second-order valence-corrected chi connectivity index (χ2v) is 29.2. The number of amides is 1. The lowest BCUT2D eigenvalue weighted by atomic mass is 9.99. The van der Waals surface area contributed by atoms with Crippen molar-refractivity contribution in [2.45, 2.75) is 468 Å². The van der Waals surface area contributed by atoms with E-state index >= 15 is 0 Å². The van der Waals surface area contributed by atoms with Crippen molar-refractivity contribution >= 4 is 11.9 Å². The smallest absolute Gasteiger partial charge is 0.305 e. The fourth-order valence-corrected chi connectivity index (χ4v) is 13.5. The van der Waals surface area contributed by atoms with Gasteiger partial charge in [0, 0.05) is 12.8 Å². The van der Waals surface area contributed by atoms with E-state index in [1.807, 2.05) is 6.08 Å². The topological polar surface area (TPSA) is 175 Å². The van der Waals surface area contributed by atoms with Crippen LogP contribution in [0.4, 0.5) is 0 Å². The van der Waals surface area contributed by atoms with Gasteiger partial charge in [0.05, 0.1) is 32.0 Å². The Morgan fingerprint density at radius 1 is 0.379 bits per heavy atom. The van der Waals surface area contributed by atoms with Crippen LogP contribution in [0.1, 0.15) is 425 Å². The fourth-order valence-electron chi connectivity index (χ4n) is 13.5. The van der Waals surface area contributed by atoms with E-state index in [2.05, 4.69) is 43.5 Å². The van der Waals surface area contributed by atoms with Gasteiger partial charge in [-0.3, -0.25) is 9.59 Å². The summed E-state index contributed by atoms with van der Waals surface area (Å²) in [5.74, 6) is -0.167. The molecule has 7 unspecified atom stereocenters. The van der Waals surface area contributed by atoms with E-state index in [4.69, 9.17) is 14.2 Å². The maximum atomic E-state index is 13.1. The Morgan fingerprint density at radius 3 is 1.04 bits per heavy atom. The zero-order valence-corrected chi connectivity index (χ0v) is 62.7. The number of ether oxygens (including phenoxy) is 3. The molecule has 0 aromatic heterocycles. The summed E-state index contributed by atoms with van der Waals surface area (Å²) in [5.41, 5.74) is 0. The molecular formula is C84H159NO10. The van der Waals surface area contributed by atoms with Crippen molar-refractivity contribution in [3.63, 3.8) is 0 Å². The molecular weight excluding hydrogens is 1180 g/mol. The molecule has 0 spiro atoms. The first kappa shape index (κ1) is 90.9. The molecule has 0 aromatic rings. The van der Waals surface area contributed by atoms with Gasteiger partial charge in [0.25, 0.3) is 0 Å². The summed E-state index contributed by atoms with van der Waals surface area (Å²) in [6.45, 7) is 4.35. The Bertz CT molecular complexity index is 1670. The van der Waals surface area contributed by atoms with Crippen molar-refractivity contribution < 1.29 is 49.3 Å². The average Bonchev–Trinajstić information content (AvgIpc) is 0.841. The van der Waals surface area contributed by atoms with Crippen LogP contribution in [0, 0.1) is 0 Å². The number of aliphatic hydroxyl groups excluding tert-OH is 5. The lowest BCUT2D eigenvalue weighted by molar-refractivity contribution is -0.302. The Kier molecular flexibility index (Phi) is 69.9. The van der Waals surface area contributed by atoms with Gasteiger partial charge in [-0.1, -0.05) is 391 Å². The van der Waals surface area contributed by atoms with Crippen LogP contribution in [0.25, 0.3) is 0 Å². The largest absolute Gasteiger partial charge is 0.466 e. The summed E-state index contributed by atoms with van der Waals surface area (Å²) in [4.78, 5) is 25.2. The van der Waals surface area contributed by atoms with Crippen LogP contribution in [-0.2, 0) is 23.8 Å². The van der Waals surface area contributed by atoms with Crippen LogP contribution < -0.4 is 5.32 Å². The molecule has 1 fully saturated rings. The monoisotopic (exact) mass is 1340 g/mol. The van der Waals surface area contributed by atoms with Crippen molar-refractivity contribution in [2.24, 2.45) is 0 Å². The van der Waals surface area contributed by atoms with E-state index in [1.54, 1.807) is 6.08 Å². The second kappa shape index (κ2) is 73.1. The molecule has 1 heterocycles. The van der Waals surface area contributed by atoms with E-state index in [0.717, 1.165) is 64.2 Å². The molecule has 0 bridgehead atoms. The zero-order valence-electron chi connectivity index (χ0n) is 62.7. The number of carbonyl (C=O) groups excluding carboxylic acids is 2. The van der Waals surface area contributed by atoms with Crippen molar-refractivity contribution in [1.29, 1.82) is 0 Å². The Balaban J connectivity index is 1.86. The van der Waals surface area contributed by atoms with E-state index in [1.165, 1.54) is 334 Å². The number of esters is 1. The highest BCUT2D eigenvalue weighted by Crippen LogP contribution is 2.24. The van der Waals surface area contributed by atoms with Crippen LogP contribution >= 0.6 is 0 Å². The summed E-state index contributed by atoms with van der Waals surface area (Å²) in [6.07, 6.45) is 86.3. The van der Waals surface area contributed by atoms with E-state index in [9.17, 15) is 35.1 Å². The van der Waals surface area contributed by atoms with Gasteiger partial charge >= 0.3 is 5.97 Å². The van der Waals surface area contributed by atoms with Crippen LogP contribution in [0.5, 0.6) is 0 Å². The summed E-state index contributed by atoms with van der Waals surface area (Å²) >= 11 is 0. The van der Waals surface area contributed by atoms with Gasteiger partial charge in [-0.05, 0) is 57.8 Å². The van der Waals surface area contributed by atoms with Gasteiger partial charge in [-0.25, -0.2) is 0 Å². The highest BCUT2D eigenvalue weighted by Gasteiger charge is 2.44. The van der Waals surface area contributed by atoms with Gasteiger partial charge in [0.15, 0.2) is 6.29 Å². The normalized spacial score (nSPS) is 17.5. The summed E-state index contributed by atoms with van der Waals surface area (Å²) in [6, 6.07) is -0.830. The lowest BCUT2D eigenvalue weighted by Gasteiger charge is -2.40. The highest BCUT2D eigenvalue weighted by atomic mass is 16.7. The predicted molar refractivity (Wildman–Crippen MR) is 403 cm³/mol. The molecule has 1 saturated heterocycles. The van der Waals surface area contributed by atoms with Gasteiger partial charge in [-0.2, -0.15) is 0 Å². The highest BCUT2D eigenvalue weighted by molar-refractivity contribution is 5.76. The second-order valence-electron chi connectivity index (χ2n) is 29.2. The first-order valence-corrected chi connectivity index (χ1v) is 41.8. The maximum absolute atomic E-state index is 13.1. The standard InChI is InChI=1S/C84H159NO10/c1-3-5-7-9-11-13-15-17-43-48-52-56-60-64-68-72-80(89)93-73-69-65-61-57-53-49-45-42-40-38-36-34-32-30-28-26-24-22-20-18-19-21-23-25-27-29-31-33-35-37-39-41-44-47-51-55-59-63-67-71-79(88)85-76(75-94-84-83(92)82(91)81(90)78(74-86)95-84)77(87)70-66-62-58-54-50-46-16-14-12-10-8-6-4-2/h12,14,50,54,66,70,76-78,81-84,86-87,90-92H,3-11,13,15-49,51-53,55-65,67-69,71-75H2,1-2H3,(H,85,88)/b14-12+,54-50+,70-66+. The number of nitrogens with one attached hydrogen (secondary N) is 1. The van der Waals surface area contributed by atoms with Gasteiger partial charge < -0.3 is 45.1 Å². The number of unbranched alkanes of at least 4 members (excludes halogenated alkanes) is 57. The molecule has 0 aromatic carbocycles. The Hall–Kier alpha value is -2.12. The molecule has 1 aliphatic heterocycles. The molecule has 0 radical (unpaired) electrons. The lowest BCUT2D eigenvalue weighted by Crippen LogP contribution is -2.60. The van der Waals surface area contributed by atoms with E-state index in [-0.39, 0.29) is 18.5 Å². The van der Waals surface area contributed by atoms with E-state index < -0.39 is 49.5 Å². The fraction of sp³-hybridized carbons (Fsp3) is 0.905. The third-order valence-corrected chi connectivity index (χ3v) is 20.0. The molecule has 11 nitrogen and oxygen atoms in total. The zero-order chi connectivity index (χ0) is 68.6. The minimum absolute atomic E-state index is 0.0218. The number of aliphatic hydroxyl groups is 5. The number of rotatable bonds is 75. The molecule has 0 aliphatic carbocycles. The first-order valence-electron chi connectivity index (χ1n) is 41.8. The van der Waals surface area contributed by atoms with Crippen molar-refractivity contribution in [1.82, 2.24) is 5.32 Å². The van der Waals surface area contributed by atoms with E-state index in [0.29, 0.717) is 19.4 Å². The SMILES string of the molecule is CCCCC/C=C/CC/C=C/CC/C=C/C(O)C(COC1OC(CO)C(O)C(O)C1O)NC(=O)CCCCCCCCCCCCCCCCCCCCCCCCCCCCCCCCCCCCCCCCCOC(=O)CCCCCCCCCCCCCCCCC. The van der Waals surface area contributed by atoms with Crippen LogP contribution in [0.15, 0.2) is 36.5 Å². The number of hydrogen-bond donors (Lipinski definition) is 6. The predicted octanol–water partition coefficient (Wildman–Crippen LogP) is 22.9. The van der Waals surface area contributed by atoms with Crippen LogP contribution in [-0.4, -0.2) is 100 Å². The third kappa shape index (κ3) is 61.5. The average molecular weight is 1340 g/mol. The molecule has 560 valence electrons. The molecule has 11 heteroatoms. The number of carbonyl (C=O) groups is 2. The molecule has 7 atom stereocenters. The molecule has 1 rings (SSSR count). The molecule has 6 N–H and O–H groups in total. The Morgan fingerprint density at radius 2 is 0.684 bits per heavy atom. The molecule has 1 amide bonds. The molecule has 0 saturated carbocycles. The third-order valence-electron chi connectivity index (χ3n) is 20.0. The van der Waals surface area contributed by atoms with Gasteiger partial charge in [0.1, 0.15) is 24.4 Å². The molecule has 1 aliphatic rings. The Labute approximate surface area is 587 Å². The number of allylic oxidation sites excluding steroid dienone is 5. The van der Waals surface area contributed by atoms with Gasteiger partial charge in [-0.15, -0.1) is 0 Å². The summed E-state index contributed by atoms with van der Waals surface area (Å²) < 4.78 is 16.8. The molecule has 95 heavy (non-hydrogen) atoms. The minimum atomic E-state index is -1.58. The van der Waals surface area contributed by atoms with Gasteiger partial charge in [0.2, 0.25) is 5.91 Å². The van der Waals surface area contributed by atoms with Crippen molar-refractivity contribution in [3.8, 4) is 0 Å². The van der Waals surface area contributed by atoms with Crippen LogP contribution in [0.3, 0.4) is 0 Å². The van der Waals surface area contributed by atoms with Crippen molar-refractivity contribution in [2.75, 3.05) is 19.8 Å². The number of hydrogen-bond acceptors (Lipinski definition) is 10. The van der Waals surface area contributed by atoms with Crippen LogP contribution in [0.2, 0.25) is 0 Å². The quantitative estimate of drug-likeness (QED) is 0.0195.